The SMILES string of the molecule is CCO[Si](C)(OCC)OCc1ccc(C(F)(F)F)cc1. The van der Waals surface area contributed by atoms with E-state index in [9.17, 15) is 13.2 Å². The second kappa shape index (κ2) is 7.21. The van der Waals surface area contributed by atoms with Gasteiger partial charge in [-0.05, 0) is 31.5 Å². The van der Waals surface area contributed by atoms with Crippen molar-refractivity contribution in [1.82, 2.24) is 0 Å². The molecule has 0 aliphatic heterocycles. The lowest BCUT2D eigenvalue weighted by Gasteiger charge is -2.25. The summed E-state index contributed by atoms with van der Waals surface area (Å²) in [7, 11) is -2.70. The molecule has 20 heavy (non-hydrogen) atoms. The molecule has 0 saturated heterocycles. The first-order valence-corrected chi connectivity index (χ1v) is 8.61. The highest BCUT2D eigenvalue weighted by Crippen LogP contribution is 2.29. The summed E-state index contributed by atoms with van der Waals surface area (Å²) in [5.41, 5.74) is -0.0213. The van der Waals surface area contributed by atoms with Crippen molar-refractivity contribution in [2.45, 2.75) is 33.2 Å². The van der Waals surface area contributed by atoms with E-state index >= 15 is 0 Å². The van der Waals surface area contributed by atoms with E-state index in [1.54, 1.807) is 6.55 Å². The van der Waals surface area contributed by atoms with Crippen LogP contribution < -0.4 is 0 Å². The molecule has 0 N–H and O–H groups in total. The van der Waals surface area contributed by atoms with Gasteiger partial charge in [-0.1, -0.05) is 12.1 Å². The van der Waals surface area contributed by atoms with Crippen LogP contribution in [-0.4, -0.2) is 22.0 Å². The molecule has 0 aliphatic carbocycles. The smallest absolute Gasteiger partial charge is 0.374 e. The van der Waals surface area contributed by atoms with Crippen molar-refractivity contribution in [3.63, 3.8) is 0 Å². The van der Waals surface area contributed by atoms with E-state index in [-0.39, 0.29) is 6.61 Å². The zero-order valence-electron chi connectivity index (χ0n) is 11.8. The molecule has 0 unspecified atom stereocenters. The third kappa shape index (κ3) is 5.24. The lowest BCUT2D eigenvalue weighted by Crippen LogP contribution is -2.42. The Bertz CT molecular complexity index is 400. The molecule has 1 aromatic rings. The summed E-state index contributed by atoms with van der Waals surface area (Å²) in [6.07, 6.45) is -4.32. The minimum Gasteiger partial charge on any atom is -0.374 e. The van der Waals surface area contributed by atoms with Crippen LogP contribution in [0.25, 0.3) is 0 Å². The van der Waals surface area contributed by atoms with Crippen LogP contribution in [-0.2, 0) is 26.1 Å². The molecule has 0 amide bonds. The lowest BCUT2D eigenvalue weighted by atomic mass is 10.1. The number of hydrogen-bond acceptors (Lipinski definition) is 3. The molecule has 114 valence electrons. The van der Waals surface area contributed by atoms with Gasteiger partial charge in [-0.15, -0.1) is 0 Å². The average molecular weight is 308 g/mol. The molecular weight excluding hydrogens is 289 g/mol. The highest BCUT2D eigenvalue weighted by molar-refractivity contribution is 6.59. The molecular formula is C13H19F3O3Si. The maximum Gasteiger partial charge on any atom is 0.497 e. The zero-order valence-corrected chi connectivity index (χ0v) is 12.8. The van der Waals surface area contributed by atoms with Crippen LogP contribution in [0.3, 0.4) is 0 Å². The summed E-state index contributed by atoms with van der Waals surface area (Å²) in [6, 6.07) is 4.88. The van der Waals surface area contributed by atoms with Crippen LogP contribution in [0, 0.1) is 0 Å². The summed E-state index contributed by atoms with van der Waals surface area (Å²) in [5.74, 6) is 0. The predicted molar refractivity (Wildman–Crippen MR) is 71.1 cm³/mol. The molecule has 0 spiro atoms. The fourth-order valence-electron chi connectivity index (χ4n) is 1.65. The van der Waals surface area contributed by atoms with Crippen LogP contribution in [0.4, 0.5) is 13.2 Å². The van der Waals surface area contributed by atoms with Gasteiger partial charge >= 0.3 is 15.0 Å². The molecule has 0 fully saturated rings. The minimum absolute atomic E-state index is 0.168. The Labute approximate surface area is 118 Å². The standard InChI is InChI=1S/C13H19F3O3Si/c1-4-17-20(3,18-5-2)19-10-11-6-8-12(9-7-11)13(14,15)16/h6-9H,4-5,10H2,1-3H3. The predicted octanol–water partition coefficient (Wildman–Crippen LogP) is 3.86. The van der Waals surface area contributed by atoms with Crippen molar-refractivity contribution in [2.24, 2.45) is 0 Å². The monoisotopic (exact) mass is 308 g/mol. The van der Waals surface area contributed by atoms with Gasteiger partial charge in [-0.2, -0.15) is 13.2 Å². The first-order chi connectivity index (χ1) is 9.30. The maximum atomic E-state index is 12.4. The molecule has 7 heteroatoms. The quantitative estimate of drug-likeness (QED) is 0.716. The van der Waals surface area contributed by atoms with E-state index in [0.29, 0.717) is 18.8 Å². The van der Waals surface area contributed by atoms with Gasteiger partial charge in [-0.3, -0.25) is 0 Å². The van der Waals surface area contributed by atoms with Gasteiger partial charge in [0, 0.05) is 19.8 Å². The van der Waals surface area contributed by atoms with Gasteiger partial charge in [0.15, 0.2) is 0 Å². The average Bonchev–Trinajstić information content (AvgIpc) is 2.37. The van der Waals surface area contributed by atoms with Crippen molar-refractivity contribution in [3.05, 3.63) is 35.4 Å². The van der Waals surface area contributed by atoms with Crippen molar-refractivity contribution in [2.75, 3.05) is 13.2 Å². The summed E-state index contributed by atoms with van der Waals surface area (Å²) < 4.78 is 53.9. The van der Waals surface area contributed by atoms with Gasteiger partial charge in [-0.25, -0.2) is 0 Å². The Hall–Kier alpha value is -0.893. The van der Waals surface area contributed by atoms with Crippen LogP contribution in [0.5, 0.6) is 0 Å². The largest absolute Gasteiger partial charge is 0.497 e. The van der Waals surface area contributed by atoms with Gasteiger partial charge in [0.25, 0.3) is 0 Å². The first kappa shape index (κ1) is 17.2. The molecule has 0 atom stereocenters. The Morgan fingerprint density at radius 3 is 1.85 bits per heavy atom. The highest BCUT2D eigenvalue weighted by atomic mass is 28.4. The van der Waals surface area contributed by atoms with Crippen LogP contribution in [0.2, 0.25) is 6.55 Å². The third-order valence-electron chi connectivity index (χ3n) is 2.60. The van der Waals surface area contributed by atoms with E-state index in [0.717, 1.165) is 12.1 Å². The number of alkyl halides is 3. The maximum absolute atomic E-state index is 12.4. The minimum atomic E-state index is -4.32. The van der Waals surface area contributed by atoms with E-state index < -0.39 is 20.5 Å². The lowest BCUT2D eigenvalue weighted by molar-refractivity contribution is -0.137. The van der Waals surface area contributed by atoms with E-state index in [1.807, 2.05) is 13.8 Å². The number of benzene rings is 1. The number of hydrogen-bond donors (Lipinski definition) is 0. The highest BCUT2D eigenvalue weighted by Gasteiger charge is 2.34. The van der Waals surface area contributed by atoms with Crippen LogP contribution in [0.15, 0.2) is 24.3 Å². The van der Waals surface area contributed by atoms with Crippen molar-refractivity contribution >= 4 is 8.80 Å². The van der Waals surface area contributed by atoms with Gasteiger partial charge in [0.05, 0.1) is 12.2 Å². The fourth-order valence-corrected chi connectivity index (χ4v) is 3.38. The zero-order chi connectivity index (χ0) is 15.2. The Morgan fingerprint density at radius 2 is 1.45 bits per heavy atom. The Balaban J connectivity index is 2.64. The fraction of sp³-hybridized carbons (Fsp3) is 0.538. The van der Waals surface area contributed by atoms with Crippen molar-refractivity contribution < 1.29 is 26.4 Å². The number of rotatable bonds is 7. The van der Waals surface area contributed by atoms with E-state index in [2.05, 4.69) is 0 Å². The molecule has 0 bridgehead atoms. The molecule has 3 nitrogen and oxygen atoms in total. The molecule has 0 aliphatic rings. The summed E-state index contributed by atoms with van der Waals surface area (Å²) in [6.45, 7) is 6.55. The normalized spacial score (nSPS) is 12.7. The van der Waals surface area contributed by atoms with Crippen molar-refractivity contribution in [1.29, 1.82) is 0 Å². The summed E-state index contributed by atoms with van der Waals surface area (Å²) in [5, 5.41) is 0. The van der Waals surface area contributed by atoms with Gasteiger partial charge in [0.2, 0.25) is 0 Å². The molecule has 0 heterocycles. The van der Waals surface area contributed by atoms with Gasteiger partial charge < -0.3 is 13.3 Å². The Kier molecular flexibility index (Phi) is 6.19. The van der Waals surface area contributed by atoms with Gasteiger partial charge in [0.1, 0.15) is 0 Å². The molecule has 0 saturated carbocycles. The second-order valence-electron chi connectivity index (χ2n) is 4.21. The third-order valence-corrected chi connectivity index (χ3v) is 4.89. The Morgan fingerprint density at radius 1 is 0.950 bits per heavy atom. The second-order valence-corrected chi connectivity index (χ2v) is 6.80. The summed E-state index contributed by atoms with van der Waals surface area (Å²) in [4.78, 5) is 0. The topological polar surface area (TPSA) is 27.7 Å². The van der Waals surface area contributed by atoms with E-state index in [1.165, 1.54) is 12.1 Å². The molecule has 0 aromatic heterocycles. The van der Waals surface area contributed by atoms with Crippen LogP contribution in [0.1, 0.15) is 25.0 Å². The number of halogens is 3. The molecule has 1 aromatic carbocycles. The molecule has 0 radical (unpaired) electrons. The first-order valence-electron chi connectivity index (χ1n) is 6.38. The van der Waals surface area contributed by atoms with Crippen molar-refractivity contribution in [3.8, 4) is 0 Å². The molecule has 1 rings (SSSR count). The van der Waals surface area contributed by atoms with E-state index in [4.69, 9.17) is 13.3 Å². The van der Waals surface area contributed by atoms with Crippen LogP contribution >= 0.6 is 0 Å². The summed E-state index contributed by atoms with van der Waals surface area (Å²) >= 11 is 0.